The van der Waals surface area contributed by atoms with Crippen LogP contribution in [-0.4, -0.2) is 37.7 Å². The molecule has 0 fully saturated rings. The summed E-state index contributed by atoms with van der Waals surface area (Å²) in [6.45, 7) is 0. The minimum absolute atomic E-state index is 0. The Morgan fingerprint density at radius 2 is 1.00 bits per heavy atom. The van der Waals surface area contributed by atoms with Gasteiger partial charge in [-0.25, -0.2) is 0 Å². The van der Waals surface area contributed by atoms with Crippen LogP contribution in [-0.2, 0) is 4.57 Å². The van der Waals surface area contributed by atoms with Crippen LogP contribution in [0.15, 0.2) is 0 Å². The molecule has 8 heavy (non-hydrogen) atoms. The van der Waals surface area contributed by atoms with Crippen LogP contribution in [0, 0.1) is 0 Å². The fraction of sp³-hybridized carbons (Fsp3) is 0. The number of rotatable bonds is 0. The maximum absolute atomic E-state index is 8.55. The van der Waals surface area contributed by atoms with Crippen molar-refractivity contribution in [2.24, 2.45) is 0 Å². The van der Waals surface area contributed by atoms with E-state index in [1.807, 2.05) is 0 Å². The zero-order valence-electron chi connectivity index (χ0n) is 4.79. The van der Waals surface area contributed by atoms with E-state index in [-0.39, 0.29) is 141 Å². The summed E-state index contributed by atoms with van der Waals surface area (Å²) in [7, 11) is -5.39. The first kappa shape index (κ1) is 22.9. The first-order chi connectivity index (χ1) is 2.00. The van der Waals surface area contributed by atoms with E-state index in [0.717, 1.165) is 0 Å². The summed E-state index contributed by atoms with van der Waals surface area (Å²) in [5.74, 6) is 0. The number of hydrogen-bond acceptors (Lipinski definition) is 4. The van der Waals surface area contributed by atoms with Gasteiger partial charge < -0.3 is 19.2 Å². The fourth-order valence-electron chi connectivity index (χ4n) is 0. The third-order valence-electron chi connectivity index (χ3n) is 0. The van der Waals surface area contributed by atoms with Gasteiger partial charge in [0, 0.05) is 0 Å². The van der Waals surface area contributed by atoms with Crippen molar-refractivity contribution in [1.29, 1.82) is 0 Å². The van der Waals surface area contributed by atoms with Crippen molar-refractivity contribution in [2.75, 3.05) is 0 Å². The predicted molar refractivity (Wildman–Crippen MR) is 13.4 cm³/mol. The smallest absolute Gasteiger partial charge is 0.822 e. The third-order valence-corrected chi connectivity index (χ3v) is 0. The van der Waals surface area contributed by atoms with Gasteiger partial charge in [0.1, 0.15) is 0 Å². The van der Waals surface area contributed by atoms with Crippen molar-refractivity contribution >= 4 is 45.6 Å². The average Bonchev–Trinajstić information content (AvgIpc) is 0.722. The van der Waals surface area contributed by atoms with E-state index in [1.54, 1.807) is 0 Å². The van der Waals surface area contributed by atoms with Gasteiger partial charge >= 0.3 is 141 Å². The van der Waals surface area contributed by atoms with Gasteiger partial charge in [-0.15, -0.1) is 0 Å². The molecule has 0 aliphatic rings. The van der Waals surface area contributed by atoms with Crippen LogP contribution >= 0.6 is 7.82 Å². The van der Waals surface area contributed by atoms with Crippen molar-refractivity contribution in [3.8, 4) is 0 Å². The molecule has 0 saturated heterocycles. The molecule has 0 bridgehead atoms. The van der Waals surface area contributed by atoms with Gasteiger partial charge in [0.25, 0.3) is 0 Å². The molecule has 0 aliphatic heterocycles. The van der Waals surface area contributed by atoms with Crippen LogP contribution in [0.5, 0.6) is 0 Å². The molecule has 0 saturated carbocycles. The molecule has 0 aliphatic carbocycles. The molecule has 0 aromatic carbocycles. The largest absolute Gasteiger partial charge is 2.00 e. The molecule has 32 valence electrons. The molecule has 0 spiro atoms. The van der Waals surface area contributed by atoms with Gasteiger partial charge in [0.15, 0.2) is 0 Å². The van der Waals surface area contributed by atoms with Crippen molar-refractivity contribution in [3.63, 3.8) is 0 Å². The first-order valence-electron chi connectivity index (χ1n) is 0.730. The third kappa shape index (κ3) is 45.9. The second-order valence-corrected chi connectivity index (χ2v) is 1.34. The Morgan fingerprint density at radius 1 is 1.00 bits per heavy atom. The molecule has 0 aromatic rings. The molecule has 0 aromatic heterocycles. The SMILES string of the molecule is O=P([O-])([O-])[O-].[Ca+2].[K+].[K+]. The second-order valence-electron chi connectivity index (χ2n) is 0.447. The molecule has 8 heteroatoms. The average molecular weight is 213 g/mol. The predicted octanol–water partition coefficient (Wildman–Crippen LogP) is -9.20. The van der Waals surface area contributed by atoms with Crippen LogP contribution in [0.1, 0.15) is 0 Å². The Morgan fingerprint density at radius 3 is 1.00 bits per heavy atom. The maximum Gasteiger partial charge on any atom is 2.00 e. The second kappa shape index (κ2) is 11.6. The van der Waals surface area contributed by atoms with Gasteiger partial charge in [-0.05, 0) is 0 Å². The van der Waals surface area contributed by atoms with Gasteiger partial charge in [-0.3, -0.25) is 0 Å². The van der Waals surface area contributed by atoms with Gasteiger partial charge in [0.05, 0.1) is 0 Å². The zero-order valence-corrected chi connectivity index (χ0v) is 14.1. The van der Waals surface area contributed by atoms with Crippen molar-refractivity contribution < 1.29 is 122 Å². The number of hydrogen-bond donors (Lipinski definition) is 0. The molecule has 0 amide bonds. The van der Waals surface area contributed by atoms with Crippen LogP contribution in [0.25, 0.3) is 0 Å². The summed E-state index contributed by atoms with van der Waals surface area (Å²) in [5, 5.41) is 0. The summed E-state index contributed by atoms with van der Waals surface area (Å²) in [4.78, 5) is 25.6. The topological polar surface area (TPSA) is 86.2 Å². The van der Waals surface area contributed by atoms with Gasteiger partial charge in [-0.1, -0.05) is 0 Å². The Kier molecular flexibility index (Phi) is 33.4. The van der Waals surface area contributed by atoms with E-state index in [2.05, 4.69) is 0 Å². The standard InChI is InChI=1S/Ca.2K.H3O4P/c;;;1-5(2,3)4/h;;;(H3,1,2,3,4)/q+2;2*+1;/p-3. The molecule has 0 radical (unpaired) electrons. The molecule has 4 nitrogen and oxygen atoms in total. The summed E-state index contributed by atoms with van der Waals surface area (Å²) in [6.07, 6.45) is 0. The van der Waals surface area contributed by atoms with E-state index in [4.69, 9.17) is 19.2 Å². The first-order valence-corrected chi connectivity index (χ1v) is 2.19. The molecule has 0 heterocycles. The summed E-state index contributed by atoms with van der Waals surface area (Å²) < 4.78 is 8.55. The van der Waals surface area contributed by atoms with Crippen molar-refractivity contribution in [2.45, 2.75) is 0 Å². The van der Waals surface area contributed by atoms with E-state index in [0.29, 0.717) is 0 Å². The fourth-order valence-corrected chi connectivity index (χ4v) is 0. The van der Waals surface area contributed by atoms with E-state index in [1.165, 1.54) is 0 Å². The molecule has 0 unspecified atom stereocenters. The van der Waals surface area contributed by atoms with E-state index < -0.39 is 7.82 Å². The Hall–Kier alpha value is 4.64. The molecule has 0 N–H and O–H groups in total. The normalized spacial score (nSPS) is 7.38. The van der Waals surface area contributed by atoms with E-state index >= 15 is 0 Å². The minimum Gasteiger partial charge on any atom is -0.822 e. The van der Waals surface area contributed by atoms with Crippen molar-refractivity contribution in [1.82, 2.24) is 0 Å². The minimum atomic E-state index is -5.39. The quantitative estimate of drug-likeness (QED) is 0.295. The molecule has 0 rings (SSSR count). The molecule has 0 atom stereocenters. The van der Waals surface area contributed by atoms with Crippen LogP contribution in [0.4, 0.5) is 0 Å². The van der Waals surface area contributed by atoms with Crippen LogP contribution in [0.3, 0.4) is 0 Å². The number of phosphoric acid groups is 1. The monoisotopic (exact) mass is 213 g/mol. The summed E-state index contributed by atoms with van der Waals surface area (Å²) in [5.41, 5.74) is 0. The molecular formula is CaK2O4P+. The zero-order chi connectivity index (χ0) is 4.50. The Bertz CT molecular complexity index is 60.2. The van der Waals surface area contributed by atoms with Gasteiger partial charge in [-0.2, -0.15) is 7.82 Å². The van der Waals surface area contributed by atoms with Crippen LogP contribution in [0.2, 0.25) is 0 Å². The maximum atomic E-state index is 8.55. The van der Waals surface area contributed by atoms with Crippen molar-refractivity contribution in [3.05, 3.63) is 0 Å². The summed E-state index contributed by atoms with van der Waals surface area (Å²) in [6, 6.07) is 0. The summed E-state index contributed by atoms with van der Waals surface area (Å²) >= 11 is 0. The van der Waals surface area contributed by atoms with Gasteiger partial charge in [0.2, 0.25) is 0 Å². The Balaban J connectivity index is -0.0000000267. The molecular weight excluding hydrogens is 213 g/mol. The Labute approximate surface area is 162 Å². The van der Waals surface area contributed by atoms with Crippen LogP contribution < -0.4 is 117 Å². The van der Waals surface area contributed by atoms with E-state index in [9.17, 15) is 0 Å².